The maximum Gasteiger partial charge on any atom is 0.269 e. The molecule has 1 amide bonds. The van der Waals surface area contributed by atoms with Crippen LogP contribution in [0.3, 0.4) is 0 Å². The lowest BCUT2D eigenvalue weighted by Gasteiger charge is -2.06. The van der Waals surface area contributed by atoms with Crippen LogP contribution >= 0.6 is 11.8 Å². The Kier molecular flexibility index (Phi) is 5.67. The zero-order valence-electron chi connectivity index (χ0n) is 15.7. The van der Waals surface area contributed by atoms with Crippen LogP contribution in [0, 0.1) is 10.1 Å². The highest BCUT2D eigenvalue weighted by molar-refractivity contribution is 7.99. The van der Waals surface area contributed by atoms with Gasteiger partial charge in [-0.1, -0.05) is 48.2 Å². The van der Waals surface area contributed by atoms with Crippen LogP contribution in [-0.4, -0.2) is 26.8 Å². The van der Waals surface area contributed by atoms with E-state index >= 15 is 0 Å². The molecule has 0 atom stereocenters. The summed E-state index contributed by atoms with van der Waals surface area (Å²) in [6.07, 6.45) is 0. The maximum atomic E-state index is 12.1. The third kappa shape index (κ3) is 4.61. The smallest absolute Gasteiger partial charge is 0.269 e. The zero-order chi connectivity index (χ0) is 20.9. The normalized spacial score (nSPS) is 10.7. The summed E-state index contributed by atoms with van der Waals surface area (Å²) in [6.45, 7) is 0. The Morgan fingerprint density at radius 1 is 0.933 bits per heavy atom. The molecule has 0 unspecified atom stereocenters. The van der Waals surface area contributed by atoms with Gasteiger partial charge in [0.15, 0.2) is 0 Å². The highest BCUT2D eigenvalue weighted by Crippen LogP contribution is 2.24. The summed E-state index contributed by atoms with van der Waals surface area (Å²) in [7, 11) is 0. The van der Waals surface area contributed by atoms with Crippen molar-refractivity contribution in [2.75, 3.05) is 11.1 Å². The fraction of sp³-hybridized carbons (Fsp3) is 0.0455. The fourth-order valence-corrected chi connectivity index (χ4v) is 3.52. The topological polar surface area (TPSA) is 98.0 Å². The van der Waals surface area contributed by atoms with Gasteiger partial charge in [-0.3, -0.25) is 14.9 Å². The van der Waals surface area contributed by atoms with E-state index in [0.717, 1.165) is 16.6 Å². The first-order chi connectivity index (χ1) is 14.6. The van der Waals surface area contributed by atoms with Gasteiger partial charge in [0, 0.05) is 23.4 Å². The summed E-state index contributed by atoms with van der Waals surface area (Å²) >= 11 is 1.27. The molecule has 0 aliphatic heterocycles. The quantitative estimate of drug-likeness (QED) is 0.272. The number of carbonyl (C=O) groups is 1. The van der Waals surface area contributed by atoms with Crippen molar-refractivity contribution >= 4 is 39.8 Å². The Morgan fingerprint density at radius 3 is 2.40 bits per heavy atom. The average Bonchev–Trinajstić information content (AvgIpc) is 2.78. The average molecular weight is 416 g/mol. The second-order valence-electron chi connectivity index (χ2n) is 6.46. The van der Waals surface area contributed by atoms with Crippen molar-refractivity contribution in [3.05, 3.63) is 89.0 Å². The number of carbonyl (C=O) groups excluding carboxylic acids is 1. The van der Waals surface area contributed by atoms with Crippen molar-refractivity contribution < 1.29 is 9.72 Å². The third-order valence-electron chi connectivity index (χ3n) is 4.40. The molecule has 0 radical (unpaired) electrons. The summed E-state index contributed by atoms with van der Waals surface area (Å²) < 4.78 is 0. The van der Waals surface area contributed by atoms with Gasteiger partial charge in [0.1, 0.15) is 5.03 Å². The monoisotopic (exact) mass is 416 g/mol. The number of anilines is 1. The molecular formula is C22H16N4O3S. The van der Waals surface area contributed by atoms with Crippen molar-refractivity contribution in [2.24, 2.45) is 0 Å². The lowest BCUT2D eigenvalue weighted by molar-refractivity contribution is -0.384. The van der Waals surface area contributed by atoms with Crippen LogP contribution in [-0.2, 0) is 4.79 Å². The first kappa shape index (κ1) is 19.5. The molecule has 1 heterocycles. The molecule has 30 heavy (non-hydrogen) atoms. The molecule has 4 aromatic rings. The second kappa shape index (κ2) is 8.71. The van der Waals surface area contributed by atoms with Crippen molar-refractivity contribution in [1.82, 2.24) is 10.2 Å². The van der Waals surface area contributed by atoms with E-state index < -0.39 is 4.92 Å². The first-order valence-electron chi connectivity index (χ1n) is 9.08. The summed E-state index contributed by atoms with van der Waals surface area (Å²) in [5.74, 6) is -0.0738. The SMILES string of the molecule is O=C(CSc1ccc(-c2ccc3ccccc3c2)nn1)Nc1ccc([N+](=O)[O-])cc1. The Balaban J connectivity index is 1.36. The number of hydrogen-bond donors (Lipinski definition) is 1. The minimum Gasteiger partial charge on any atom is -0.325 e. The molecule has 0 saturated heterocycles. The van der Waals surface area contributed by atoms with Crippen molar-refractivity contribution in [1.29, 1.82) is 0 Å². The number of rotatable bonds is 6. The molecule has 1 aromatic heterocycles. The molecule has 1 N–H and O–H groups in total. The van der Waals surface area contributed by atoms with Crippen molar-refractivity contribution in [3.8, 4) is 11.3 Å². The van der Waals surface area contributed by atoms with Crippen LogP contribution in [0.25, 0.3) is 22.0 Å². The number of nitrogens with zero attached hydrogens (tertiary/aromatic N) is 3. The van der Waals surface area contributed by atoms with Crippen LogP contribution in [0.1, 0.15) is 0 Å². The number of thioether (sulfide) groups is 1. The van der Waals surface area contributed by atoms with E-state index in [1.807, 2.05) is 30.3 Å². The largest absolute Gasteiger partial charge is 0.325 e. The molecule has 0 fully saturated rings. The van der Waals surface area contributed by atoms with E-state index in [1.165, 1.54) is 41.4 Å². The molecule has 148 valence electrons. The van der Waals surface area contributed by atoms with Gasteiger partial charge < -0.3 is 5.32 Å². The van der Waals surface area contributed by atoms with Gasteiger partial charge in [0.25, 0.3) is 5.69 Å². The highest BCUT2D eigenvalue weighted by atomic mass is 32.2. The summed E-state index contributed by atoms with van der Waals surface area (Å²) in [5.41, 5.74) is 2.22. The Bertz CT molecular complexity index is 1210. The van der Waals surface area contributed by atoms with Gasteiger partial charge in [-0.2, -0.15) is 0 Å². The first-order valence-corrected chi connectivity index (χ1v) is 10.1. The molecule has 0 aliphatic rings. The number of nitro groups is 1. The molecule has 0 spiro atoms. The van der Waals surface area contributed by atoms with Gasteiger partial charge in [-0.15, -0.1) is 10.2 Å². The fourth-order valence-electron chi connectivity index (χ4n) is 2.90. The summed E-state index contributed by atoms with van der Waals surface area (Å²) in [6, 6.07) is 23.7. The van der Waals surface area contributed by atoms with E-state index in [2.05, 4.69) is 39.8 Å². The van der Waals surface area contributed by atoms with Crippen LogP contribution < -0.4 is 5.32 Å². The number of hydrogen-bond acceptors (Lipinski definition) is 6. The standard InChI is InChI=1S/C22H16N4O3S/c27-21(23-18-7-9-19(10-8-18)26(28)29)14-30-22-12-11-20(24-25-22)17-6-5-15-3-1-2-4-16(15)13-17/h1-13H,14H2,(H,23,27). The minimum atomic E-state index is -0.484. The van der Waals surface area contributed by atoms with Gasteiger partial charge >= 0.3 is 0 Å². The van der Waals surface area contributed by atoms with E-state index in [9.17, 15) is 14.9 Å². The summed E-state index contributed by atoms with van der Waals surface area (Å²) in [4.78, 5) is 22.3. The van der Waals surface area contributed by atoms with Gasteiger partial charge in [-0.25, -0.2) is 0 Å². The summed E-state index contributed by atoms with van der Waals surface area (Å²) in [5, 5.41) is 24.8. The lowest BCUT2D eigenvalue weighted by atomic mass is 10.1. The number of non-ortho nitro benzene ring substituents is 1. The van der Waals surface area contributed by atoms with Crippen molar-refractivity contribution in [3.63, 3.8) is 0 Å². The van der Waals surface area contributed by atoms with Crippen LogP contribution in [0.15, 0.2) is 83.9 Å². The highest BCUT2D eigenvalue weighted by Gasteiger charge is 2.08. The Labute approximate surface area is 176 Å². The molecule has 8 heteroatoms. The molecule has 0 bridgehead atoms. The molecule has 7 nitrogen and oxygen atoms in total. The Hall–Kier alpha value is -3.78. The van der Waals surface area contributed by atoms with E-state index in [4.69, 9.17) is 0 Å². The number of benzene rings is 3. The molecule has 0 aliphatic carbocycles. The number of fused-ring (bicyclic) bond motifs is 1. The molecular weight excluding hydrogens is 400 g/mol. The van der Waals surface area contributed by atoms with E-state index in [1.54, 1.807) is 0 Å². The number of aromatic nitrogens is 2. The second-order valence-corrected chi connectivity index (χ2v) is 7.46. The van der Waals surface area contributed by atoms with Gasteiger partial charge in [0.05, 0.1) is 16.4 Å². The zero-order valence-corrected chi connectivity index (χ0v) is 16.5. The predicted molar refractivity (Wildman–Crippen MR) is 117 cm³/mol. The van der Waals surface area contributed by atoms with Crippen molar-refractivity contribution in [2.45, 2.75) is 5.03 Å². The minimum absolute atomic E-state index is 0.0239. The molecule has 3 aromatic carbocycles. The number of amides is 1. The maximum absolute atomic E-state index is 12.1. The van der Waals surface area contributed by atoms with Crippen LogP contribution in [0.2, 0.25) is 0 Å². The van der Waals surface area contributed by atoms with E-state index in [0.29, 0.717) is 10.7 Å². The molecule has 4 rings (SSSR count). The van der Waals surface area contributed by atoms with Gasteiger partial charge in [0.2, 0.25) is 5.91 Å². The Morgan fingerprint density at radius 2 is 1.70 bits per heavy atom. The lowest BCUT2D eigenvalue weighted by Crippen LogP contribution is -2.14. The van der Waals surface area contributed by atoms with E-state index in [-0.39, 0.29) is 17.3 Å². The van der Waals surface area contributed by atoms with Crippen LogP contribution in [0.5, 0.6) is 0 Å². The van der Waals surface area contributed by atoms with Gasteiger partial charge in [-0.05, 0) is 41.1 Å². The predicted octanol–water partition coefficient (Wildman–Crippen LogP) is 4.94. The number of nitrogens with one attached hydrogen (secondary N) is 1. The molecule has 0 saturated carbocycles. The van der Waals surface area contributed by atoms with Crippen LogP contribution in [0.4, 0.5) is 11.4 Å². The third-order valence-corrected chi connectivity index (χ3v) is 5.32. The number of nitro benzene ring substituents is 1.